The second kappa shape index (κ2) is 26.7. The molecule has 0 fully saturated rings. The number of aliphatic carboxylic acids is 1. The topological polar surface area (TPSA) is 63.6 Å². The maximum Gasteiger partial charge on any atom is 0.422 e. The molecule has 212 valence electrons. The van der Waals surface area contributed by atoms with Crippen LogP contribution in [0.5, 0.6) is 0 Å². The third-order valence-electron chi connectivity index (χ3n) is 7.30. The predicted octanol–water partition coefficient (Wildman–Crippen LogP) is 10.5. The number of carbonyl (C=O) groups excluding carboxylic acids is 1. The summed E-state index contributed by atoms with van der Waals surface area (Å²) in [6, 6.07) is 0. The predicted molar refractivity (Wildman–Crippen MR) is 153 cm³/mol. The molecule has 36 heavy (non-hydrogen) atoms. The van der Waals surface area contributed by atoms with Crippen LogP contribution in [0.3, 0.4) is 0 Å². The zero-order valence-corrected chi connectivity index (χ0v) is 24.3. The lowest BCUT2D eigenvalue weighted by atomic mass is 9.90. The number of hydrogen-bond donors (Lipinski definition) is 1. The minimum atomic E-state index is -1.52. The van der Waals surface area contributed by atoms with E-state index in [-0.39, 0.29) is 0 Å². The van der Waals surface area contributed by atoms with Gasteiger partial charge in [-0.1, -0.05) is 149 Å². The second-order valence-corrected chi connectivity index (χ2v) is 10.8. The van der Waals surface area contributed by atoms with Crippen LogP contribution in [0, 0.1) is 5.92 Å². The van der Waals surface area contributed by atoms with Crippen molar-refractivity contribution in [2.24, 2.45) is 5.92 Å². The lowest BCUT2D eigenvalue weighted by Crippen LogP contribution is -2.16. The maximum atomic E-state index is 11.6. The van der Waals surface area contributed by atoms with Gasteiger partial charge in [0.25, 0.3) is 0 Å². The highest BCUT2D eigenvalue weighted by atomic mass is 16.6. The zero-order valence-electron chi connectivity index (χ0n) is 24.3. The van der Waals surface area contributed by atoms with Crippen LogP contribution in [0.4, 0.5) is 0 Å². The first-order chi connectivity index (χ1) is 17.5. The molecule has 0 amide bonds. The summed E-state index contributed by atoms with van der Waals surface area (Å²) in [6.07, 6.45) is 31.9. The van der Waals surface area contributed by atoms with E-state index in [1.807, 2.05) is 6.08 Å². The van der Waals surface area contributed by atoms with E-state index < -0.39 is 11.9 Å². The Balaban J connectivity index is 4.41. The van der Waals surface area contributed by atoms with E-state index in [0.29, 0.717) is 12.2 Å². The van der Waals surface area contributed by atoms with E-state index in [1.165, 1.54) is 109 Å². The monoisotopic (exact) mass is 508 g/mol. The standard InChI is InChI=1S/C32H60O4/c1-4-7-10-13-14-15-16-17-18-20-25-29(24-19-11-8-5-2)26-22-23-28-30(27-21-12-9-6-3)36-32(35)31(33)34/h28-29H,4-27H2,1-3H3,(H,33,34). The fourth-order valence-corrected chi connectivity index (χ4v) is 4.97. The number of unbranched alkanes of at least 4 members (excludes halogenated alkanes) is 16. The van der Waals surface area contributed by atoms with Gasteiger partial charge in [0, 0.05) is 6.42 Å². The first-order valence-electron chi connectivity index (χ1n) is 15.7. The number of allylic oxidation sites excluding steroid dienone is 2. The van der Waals surface area contributed by atoms with Crippen molar-refractivity contribution in [2.45, 2.75) is 175 Å². The summed E-state index contributed by atoms with van der Waals surface area (Å²) in [7, 11) is 0. The highest BCUT2D eigenvalue weighted by Gasteiger charge is 2.15. The van der Waals surface area contributed by atoms with E-state index in [2.05, 4.69) is 20.8 Å². The molecule has 0 saturated carbocycles. The van der Waals surface area contributed by atoms with E-state index in [0.717, 1.165) is 44.4 Å². The Morgan fingerprint density at radius 3 is 1.53 bits per heavy atom. The first kappa shape index (κ1) is 34.7. The Kier molecular flexibility index (Phi) is 25.8. The second-order valence-electron chi connectivity index (χ2n) is 10.8. The molecule has 0 saturated heterocycles. The Morgan fingerprint density at radius 1 is 0.611 bits per heavy atom. The van der Waals surface area contributed by atoms with Crippen molar-refractivity contribution in [1.82, 2.24) is 0 Å². The molecule has 0 bridgehead atoms. The van der Waals surface area contributed by atoms with E-state index in [4.69, 9.17) is 9.84 Å². The fourth-order valence-electron chi connectivity index (χ4n) is 4.97. The molecule has 0 radical (unpaired) electrons. The highest BCUT2D eigenvalue weighted by molar-refractivity contribution is 6.28. The zero-order chi connectivity index (χ0) is 26.7. The first-order valence-corrected chi connectivity index (χ1v) is 15.7. The van der Waals surface area contributed by atoms with Crippen molar-refractivity contribution in [1.29, 1.82) is 0 Å². The molecule has 1 unspecified atom stereocenters. The van der Waals surface area contributed by atoms with Gasteiger partial charge >= 0.3 is 11.9 Å². The molecule has 0 aromatic rings. The van der Waals surface area contributed by atoms with Crippen LogP contribution in [0.15, 0.2) is 11.8 Å². The Hall–Kier alpha value is -1.32. The molecule has 4 heteroatoms. The smallest absolute Gasteiger partial charge is 0.422 e. The number of rotatable bonds is 26. The number of esters is 1. The van der Waals surface area contributed by atoms with Gasteiger partial charge in [0.1, 0.15) is 5.76 Å². The summed E-state index contributed by atoms with van der Waals surface area (Å²) in [5.74, 6) is -1.34. The SMILES string of the molecule is CCCCCCCCCCCCC(CCCC=C(CCCCCC)OC(=O)C(=O)O)CCCCCC. The van der Waals surface area contributed by atoms with E-state index >= 15 is 0 Å². The summed E-state index contributed by atoms with van der Waals surface area (Å²) in [6.45, 7) is 6.71. The van der Waals surface area contributed by atoms with Crippen LogP contribution in [0.2, 0.25) is 0 Å². The van der Waals surface area contributed by atoms with Gasteiger partial charge in [0.2, 0.25) is 0 Å². The van der Waals surface area contributed by atoms with Crippen molar-refractivity contribution in [3.05, 3.63) is 11.8 Å². The third-order valence-corrected chi connectivity index (χ3v) is 7.30. The molecule has 0 aromatic carbocycles. The van der Waals surface area contributed by atoms with Crippen LogP contribution in [0.1, 0.15) is 175 Å². The van der Waals surface area contributed by atoms with Gasteiger partial charge in [0.15, 0.2) is 0 Å². The molecule has 4 nitrogen and oxygen atoms in total. The van der Waals surface area contributed by atoms with Gasteiger partial charge in [0.05, 0.1) is 0 Å². The van der Waals surface area contributed by atoms with Crippen molar-refractivity contribution >= 4 is 11.9 Å². The van der Waals surface area contributed by atoms with Crippen molar-refractivity contribution < 1.29 is 19.4 Å². The average Bonchev–Trinajstić information content (AvgIpc) is 2.87. The summed E-state index contributed by atoms with van der Waals surface area (Å²) < 4.78 is 5.15. The summed E-state index contributed by atoms with van der Waals surface area (Å²) in [5.41, 5.74) is 0. The maximum absolute atomic E-state index is 11.6. The van der Waals surface area contributed by atoms with Gasteiger partial charge in [-0.15, -0.1) is 0 Å². The van der Waals surface area contributed by atoms with Crippen molar-refractivity contribution in [3.8, 4) is 0 Å². The average molecular weight is 509 g/mol. The number of ether oxygens (including phenoxy) is 1. The van der Waals surface area contributed by atoms with Gasteiger partial charge in [-0.05, 0) is 31.3 Å². The van der Waals surface area contributed by atoms with Crippen LogP contribution in [-0.2, 0) is 14.3 Å². The van der Waals surface area contributed by atoms with Gasteiger partial charge < -0.3 is 9.84 Å². The van der Waals surface area contributed by atoms with Gasteiger partial charge in [-0.25, -0.2) is 9.59 Å². The van der Waals surface area contributed by atoms with Gasteiger partial charge in [-0.2, -0.15) is 0 Å². The van der Waals surface area contributed by atoms with Crippen LogP contribution in [0.25, 0.3) is 0 Å². The number of hydrogen-bond acceptors (Lipinski definition) is 3. The lowest BCUT2D eigenvalue weighted by Gasteiger charge is -2.17. The molecule has 0 aliphatic carbocycles. The Labute approximate surface area is 224 Å². The quantitative estimate of drug-likeness (QED) is 0.0546. The molecule has 1 N–H and O–H groups in total. The Morgan fingerprint density at radius 2 is 1.03 bits per heavy atom. The highest BCUT2D eigenvalue weighted by Crippen LogP contribution is 2.24. The number of carbonyl (C=O) groups is 2. The lowest BCUT2D eigenvalue weighted by molar-refractivity contribution is -0.161. The van der Waals surface area contributed by atoms with Crippen LogP contribution >= 0.6 is 0 Å². The molecular formula is C32H60O4. The summed E-state index contributed by atoms with van der Waals surface area (Å²) in [5, 5.41) is 8.90. The third kappa shape index (κ3) is 23.1. The molecule has 0 rings (SSSR count). The largest absolute Gasteiger partial charge is 0.473 e. The molecular weight excluding hydrogens is 448 g/mol. The molecule has 0 spiro atoms. The number of carboxylic acids is 1. The summed E-state index contributed by atoms with van der Waals surface area (Å²) in [4.78, 5) is 22.5. The number of carboxylic acid groups (broad SMARTS) is 1. The molecule has 0 aliphatic heterocycles. The van der Waals surface area contributed by atoms with Crippen LogP contribution < -0.4 is 0 Å². The van der Waals surface area contributed by atoms with E-state index in [9.17, 15) is 9.59 Å². The minimum Gasteiger partial charge on any atom is -0.473 e. The molecule has 1 atom stereocenters. The molecule has 0 aromatic heterocycles. The molecule has 0 aliphatic rings. The fraction of sp³-hybridized carbons (Fsp3) is 0.875. The normalized spacial score (nSPS) is 12.6. The van der Waals surface area contributed by atoms with Crippen molar-refractivity contribution in [3.63, 3.8) is 0 Å². The molecule has 0 heterocycles. The summed E-state index contributed by atoms with van der Waals surface area (Å²) >= 11 is 0. The Bertz CT molecular complexity index is 540. The van der Waals surface area contributed by atoms with Crippen LogP contribution in [-0.4, -0.2) is 17.0 Å². The van der Waals surface area contributed by atoms with E-state index in [1.54, 1.807) is 0 Å². The van der Waals surface area contributed by atoms with Gasteiger partial charge in [-0.3, -0.25) is 0 Å². The minimum absolute atomic E-state index is 0.549. The van der Waals surface area contributed by atoms with Crippen molar-refractivity contribution in [2.75, 3.05) is 0 Å².